The number of hydrogen-bond acceptors (Lipinski definition) is 8. The van der Waals surface area contributed by atoms with Gasteiger partial charge in [0.25, 0.3) is 0 Å². The van der Waals surface area contributed by atoms with Crippen molar-refractivity contribution in [1.29, 1.82) is 0 Å². The van der Waals surface area contributed by atoms with Gasteiger partial charge in [0.05, 0.1) is 11.4 Å². The third-order valence-electron chi connectivity index (χ3n) is 4.71. The molecular weight excluding hydrogens is 428 g/mol. The first-order valence-electron chi connectivity index (χ1n) is 9.63. The maximum Gasteiger partial charge on any atom is 0.243 e. The standard InChI is InChI=1S/C19H26N4O3S3/c1-4-27-19-21-18(28-22-19)20-10-17(24)15-6-5-7-16(9-15)29(25,26)23-11-13(2)8-14(3)12-23/h5-7,9,13-14H,4,8,10-12H2,1-3H3,(H,20,21,22). The number of nitrogens with one attached hydrogen (secondary N) is 1. The van der Waals surface area contributed by atoms with E-state index in [0.29, 0.717) is 40.8 Å². The molecule has 0 amide bonds. The third kappa shape index (κ3) is 5.56. The molecule has 1 aromatic heterocycles. The molecule has 10 heteroatoms. The predicted molar refractivity (Wildman–Crippen MR) is 117 cm³/mol. The number of carbonyl (C=O) groups is 1. The zero-order valence-electron chi connectivity index (χ0n) is 16.8. The van der Waals surface area contributed by atoms with Crippen molar-refractivity contribution in [2.24, 2.45) is 11.8 Å². The molecule has 2 aromatic rings. The van der Waals surface area contributed by atoms with Gasteiger partial charge in [0, 0.05) is 30.2 Å². The number of aromatic nitrogens is 2. The van der Waals surface area contributed by atoms with Crippen LogP contribution in [0.5, 0.6) is 0 Å². The van der Waals surface area contributed by atoms with Crippen molar-refractivity contribution in [3.8, 4) is 0 Å². The Morgan fingerprint density at radius 1 is 1.31 bits per heavy atom. The molecule has 7 nitrogen and oxygen atoms in total. The van der Waals surface area contributed by atoms with Crippen molar-refractivity contribution in [2.45, 2.75) is 37.2 Å². The average molecular weight is 455 g/mol. The van der Waals surface area contributed by atoms with E-state index in [-0.39, 0.29) is 17.2 Å². The van der Waals surface area contributed by atoms with Gasteiger partial charge >= 0.3 is 0 Å². The van der Waals surface area contributed by atoms with E-state index >= 15 is 0 Å². The van der Waals surface area contributed by atoms with Crippen LogP contribution in [-0.2, 0) is 10.0 Å². The van der Waals surface area contributed by atoms with E-state index in [2.05, 4.69) is 28.5 Å². The summed E-state index contributed by atoms with van der Waals surface area (Å²) in [4.78, 5) is 17.1. The molecule has 2 unspecified atom stereocenters. The molecule has 0 bridgehead atoms. The smallest absolute Gasteiger partial charge is 0.243 e. The summed E-state index contributed by atoms with van der Waals surface area (Å²) in [5.41, 5.74) is 0.365. The van der Waals surface area contributed by atoms with Gasteiger partial charge in [-0.1, -0.05) is 44.7 Å². The van der Waals surface area contributed by atoms with Gasteiger partial charge in [-0.25, -0.2) is 8.42 Å². The molecule has 0 saturated carbocycles. The van der Waals surface area contributed by atoms with Crippen molar-refractivity contribution in [1.82, 2.24) is 13.7 Å². The number of piperidine rings is 1. The average Bonchev–Trinajstić information content (AvgIpc) is 3.13. The zero-order valence-corrected chi connectivity index (χ0v) is 19.2. The van der Waals surface area contributed by atoms with Crippen LogP contribution in [-0.4, -0.2) is 53.3 Å². The van der Waals surface area contributed by atoms with Gasteiger partial charge in [-0.15, -0.1) is 0 Å². The Morgan fingerprint density at radius 3 is 2.72 bits per heavy atom. The van der Waals surface area contributed by atoms with Gasteiger partial charge in [0.2, 0.25) is 20.3 Å². The van der Waals surface area contributed by atoms with Crippen LogP contribution in [0, 0.1) is 11.8 Å². The lowest BCUT2D eigenvalue weighted by atomic mass is 9.94. The highest BCUT2D eigenvalue weighted by Gasteiger charge is 2.31. The van der Waals surface area contributed by atoms with E-state index in [4.69, 9.17) is 0 Å². The molecule has 158 valence electrons. The largest absolute Gasteiger partial charge is 0.353 e. The molecule has 1 N–H and O–H groups in total. The Bertz CT molecular complexity index is 951. The minimum absolute atomic E-state index is 0.0344. The highest BCUT2D eigenvalue weighted by atomic mass is 32.2. The van der Waals surface area contributed by atoms with Gasteiger partial charge in [-0.2, -0.15) is 13.7 Å². The fourth-order valence-corrected chi connectivity index (χ4v) is 6.50. The number of nitrogens with zero attached hydrogens (tertiary/aromatic N) is 3. The molecule has 3 rings (SSSR count). The summed E-state index contributed by atoms with van der Waals surface area (Å²) < 4.78 is 31.9. The summed E-state index contributed by atoms with van der Waals surface area (Å²) in [7, 11) is -3.62. The molecule has 1 saturated heterocycles. The molecule has 0 radical (unpaired) electrons. The number of anilines is 1. The van der Waals surface area contributed by atoms with E-state index in [9.17, 15) is 13.2 Å². The van der Waals surface area contributed by atoms with Crippen LogP contribution < -0.4 is 5.32 Å². The lowest BCUT2D eigenvalue weighted by Gasteiger charge is -2.34. The summed E-state index contributed by atoms with van der Waals surface area (Å²) >= 11 is 2.74. The first-order valence-corrected chi connectivity index (χ1v) is 12.8. The number of carbonyl (C=O) groups excluding carboxylic acids is 1. The SMILES string of the molecule is CCSc1nsc(NCC(=O)c2cccc(S(=O)(=O)N3CC(C)CC(C)C3)c2)n1. The maximum atomic E-state index is 13.1. The minimum Gasteiger partial charge on any atom is -0.353 e. The summed E-state index contributed by atoms with van der Waals surface area (Å²) in [6, 6.07) is 6.30. The molecule has 1 aromatic carbocycles. The van der Waals surface area contributed by atoms with Crippen molar-refractivity contribution >= 4 is 44.2 Å². The van der Waals surface area contributed by atoms with Gasteiger partial charge < -0.3 is 5.32 Å². The van der Waals surface area contributed by atoms with Crippen molar-refractivity contribution in [3.05, 3.63) is 29.8 Å². The molecule has 1 aliphatic rings. The van der Waals surface area contributed by atoms with Crippen LogP contribution in [0.15, 0.2) is 34.3 Å². The normalized spacial score (nSPS) is 20.5. The molecule has 1 aliphatic heterocycles. The monoisotopic (exact) mass is 454 g/mol. The van der Waals surface area contributed by atoms with Crippen LogP contribution in [0.2, 0.25) is 0 Å². The van der Waals surface area contributed by atoms with E-state index < -0.39 is 10.0 Å². The second-order valence-electron chi connectivity index (χ2n) is 7.39. The Kier molecular flexibility index (Phi) is 7.31. The summed E-state index contributed by atoms with van der Waals surface area (Å²) in [6.45, 7) is 7.23. The highest BCUT2D eigenvalue weighted by Crippen LogP contribution is 2.27. The Morgan fingerprint density at radius 2 is 2.03 bits per heavy atom. The van der Waals surface area contributed by atoms with Crippen molar-refractivity contribution < 1.29 is 13.2 Å². The lowest BCUT2D eigenvalue weighted by molar-refractivity contribution is 0.101. The third-order valence-corrected chi connectivity index (χ3v) is 8.06. The number of rotatable bonds is 8. The number of ketones is 1. The molecule has 1 fully saturated rings. The first kappa shape index (κ1) is 22.2. The second-order valence-corrected chi connectivity index (χ2v) is 11.3. The van der Waals surface area contributed by atoms with Crippen LogP contribution in [0.3, 0.4) is 0 Å². The van der Waals surface area contributed by atoms with Crippen LogP contribution in [0.1, 0.15) is 37.6 Å². The van der Waals surface area contributed by atoms with E-state index in [1.165, 1.54) is 29.4 Å². The number of hydrogen-bond donors (Lipinski definition) is 1. The van der Waals surface area contributed by atoms with E-state index in [1.54, 1.807) is 22.5 Å². The number of benzene rings is 1. The van der Waals surface area contributed by atoms with E-state index in [0.717, 1.165) is 12.2 Å². The number of Topliss-reactive ketones (excluding diaryl/α,β-unsaturated/α-hetero) is 1. The molecule has 0 spiro atoms. The number of thioether (sulfide) groups is 1. The van der Waals surface area contributed by atoms with Crippen molar-refractivity contribution in [3.63, 3.8) is 0 Å². The van der Waals surface area contributed by atoms with E-state index in [1.807, 2.05) is 6.92 Å². The Balaban J connectivity index is 1.70. The molecule has 2 atom stereocenters. The first-order chi connectivity index (χ1) is 13.8. The zero-order chi connectivity index (χ0) is 21.0. The Labute approximate surface area is 180 Å². The van der Waals surface area contributed by atoms with Crippen LogP contribution in [0.4, 0.5) is 5.13 Å². The maximum absolute atomic E-state index is 13.1. The minimum atomic E-state index is -3.62. The fraction of sp³-hybridized carbons (Fsp3) is 0.526. The molecule has 29 heavy (non-hydrogen) atoms. The number of sulfonamides is 1. The van der Waals surface area contributed by atoms with Gasteiger partial charge in [0.15, 0.2) is 5.78 Å². The van der Waals surface area contributed by atoms with Gasteiger partial charge in [-0.05, 0) is 36.1 Å². The molecule has 0 aliphatic carbocycles. The Hall–Kier alpha value is -1.49. The second kappa shape index (κ2) is 9.55. The van der Waals surface area contributed by atoms with Crippen molar-refractivity contribution in [2.75, 3.05) is 30.7 Å². The lowest BCUT2D eigenvalue weighted by Crippen LogP contribution is -2.42. The van der Waals surface area contributed by atoms with Crippen LogP contribution >= 0.6 is 23.3 Å². The predicted octanol–water partition coefficient (Wildman–Crippen LogP) is 3.61. The topological polar surface area (TPSA) is 92.3 Å². The molecular formula is C19H26N4O3S3. The highest BCUT2D eigenvalue weighted by molar-refractivity contribution is 7.99. The summed E-state index contributed by atoms with van der Waals surface area (Å²) in [5, 5.41) is 4.24. The van der Waals surface area contributed by atoms with Crippen LogP contribution in [0.25, 0.3) is 0 Å². The van der Waals surface area contributed by atoms with Gasteiger partial charge in [0.1, 0.15) is 0 Å². The summed E-state index contributed by atoms with van der Waals surface area (Å²) in [5.74, 6) is 1.34. The fourth-order valence-electron chi connectivity index (χ4n) is 3.51. The quantitative estimate of drug-likeness (QED) is 0.481. The summed E-state index contributed by atoms with van der Waals surface area (Å²) in [6.07, 6.45) is 1.03. The van der Waals surface area contributed by atoms with Gasteiger partial charge in [-0.3, -0.25) is 4.79 Å². The molecule has 2 heterocycles.